The third-order valence-corrected chi connectivity index (χ3v) is 6.10. The number of rotatable bonds is 5. The number of aliphatic imine (C=N–C) groups is 1. The maximum Gasteiger partial charge on any atom is 0.254 e. The molecule has 0 saturated carbocycles. The number of nitrogens with zero attached hydrogens (tertiary/aromatic N) is 2. The quantitative estimate of drug-likeness (QED) is 0.571. The van der Waals surface area contributed by atoms with Crippen LogP contribution in [0.5, 0.6) is 0 Å². The first-order valence-electron chi connectivity index (χ1n) is 11.3. The molecule has 1 aromatic carbocycles. The van der Waals surface area contributed by atoms with Crippen LogP contribution < -0.4 is 10.6 Å². The molecule has 0 aliphatic carbocycles. The molecule has 5 unspecified atom stereocenters. The van der Waals surface area contributed by atoms with Gasteiger partial charge < -0.3 is 25.0 Å². The van der Waals surface area contributed by atoms with Crippen molar-refractivity contribution >= 4 is 11.9 Å². The molecule has 164 valence electrons. The van der Waals surface area contributed by atoms with Gasteiger partial charge in [0.25, 0.3) is 5.91 Å². The molecule has 1 aromatic rings. The Hall–Kier alpha value is -2.12. The molecule has 2 bridgehead atoms. The molecule has 5 atom stereocenters. The number of hydrogen-bond acceptors (Lipinski definition) is 4. The van der Waals surface area contributed by atoms with Crippen LogP contribution in [0.2, 0.25) is 0 Å². The minimum atomic E-state index is 0.0679. The van der Waals surface area contributed by atoms with Gasteiger partial charge >= 0.3 is 0 Å². The van der Waals surface area contributed by atoms with E-state index in [1.165, 1.54) is 6.42 Å². The standard InChI is InChI=1S/C23H34N4O3/c1-4-24-23(26-20-11-19-9-10-21(20)30-19)25-12-17-5-7-18(8-6-17)22(28)27-13-15(2)29-16(3)14-27/h5-8,15-16,19-21H,4,9-14H2,1-3H3,(H2,24,25,26). The number of nitrogens with one attached hydrogen (secondary N) is 2. The Labute approximate surface area is 179 Å². The third-order valence-electron chi connectivity index (χ3n) is 6.10. The lowest BCUT2D eigenvalue weighted by Crippen LogP contribution is -2.48. The minimum Gasteiger partial charge on any atom is -0.373 e. The molecule has 0 radical (unpaired) electrons. The molecular formula is C23H34N4O3. The topological polar surface area (TPSA) is 75.2 Å². The van der Waals surface area contributed by atoms with Gasteiger partial charge in [-0.1, -0.05) is 12.1 Å². The largest absolute Gasteiger partial charge is 0.373 e. The molecule has 3 fully saturated rings. The van der Waals surface area contributed by atoms with E-state index >= 15 is 0 Å². The summed E-state index contributed by atoms with van der Waals surface area (Å²) >= 11 is 0. The molecule has 1 amide bonds. The summed E-state index contributed by atoms with van der Waals surface area (Å²) in [5.74, 6) is 0.897. The van der Waals surface area contributed by atoms with E-state index in [-0.39, 0.29) is 18.1 Å². The fraction of sp³-hybridized carbons (Fsp3) is 0.652. The smallest absolute Gasteiger partial charge is 0.254 e. The second-order valence-corrected chi connectivity index (χ2v) is 8.72. The number of hydrogen-bond donors (Lipinski definition) is 2. The number of ether oxygens (including phenoxy) is 2. The van der Waals surface area contributed by atoms with Crippen LogP contribution in [0.4, 0.5) is 0 Å². The monoisotopic (exact) mass is 414 g/mol. The fourth-order valence-electron chi connectivity index (χ4n) is 4.73. The maximum atomic E-state index is 12.8. The summed E-state index contributed by atoms with van der Waals surface area (Å²) in [6, 6.07) is 8.15. The second kappa shape index (κ2) is 9.35. The van der Waals surface area contributed by atoms with Crippen molar-refractivity contribution in [2.45, 2.75) is 77.0 Å². The van der Waals surface area contributed by atoms with Crippen LogP contribution in [0.3, 0.4) is 0 Å². The van der Waals surface area contributed by atoms with E-state index in [0.29, 0.717) is 43.4 Å². The SMILES string of the molecule is CCNC(=NCc1ccc(C(=O)N2CC(C)OC(C)C2)cc1)NC1CC2CCC1O2. The summed E-state index contributed by atoms with van der Waals surface area (Å²) in [6.07, 6.45) is 4.26. The highest BCUT2D eigenvalue weighted by atomic mass is 16.5. The van der Waals surface area contributed by atoms with Crippen LogP contribution >= 0.6 is 0 Å². The fourth-order valence-corrected chi connectivity index (χ4v) is 4.73. The zero-order valence-electron chi connectivity index (χ0n) is 18.3. The van der Waals surface area contributed by atoms with Gasteiger partial charge in [-0.3, -0.25) is 4.79 Å². The Morgan fingerprint density at radius 1 is 1.13 bits per heavy atom. The average Bonchev–Trinajstić information content (AvgIpc) is 3.34. The zero-order valence-corrected chi connectivity index (χ0v) is 18.3. The Morgan fingerprint density at radius 3 is 2.47 bits per heavy atom. The van der Waals surface area contributed by atoms with E-state index in [9.17, 15) is 4.79 Å². The van der Waals surface area contributed by atoms with Crippen molar-refractivity contribution < 1.29 is 14.3 Å². The molecule has 2 N–H and O–H groups in total. The normalized spacial score (nSPS) is 31.1. The Bertz CT molecular complexity index is 756. The zero-order chi connectivity index (χ0) is 21.1. The summed E-state index contributed by atoms with van der Waals surface area (Å²) in [7, 11) is 0. The molecule has 3 saturated heterocycles. The molecule has 3 aliphatic heterocycles. The first kappa shape index (κ1) is 21.1. The highest BCUT2D eigenvalue weighted by molar-refractivity contribution is 5.94. The van der Waals surface area contributed by atoms with Gasteiger partial charge in [0.2, 0.25) is 0 Å². The minimum absolute atomic E-state index is 0.0679. The van der Waals surface area contributed by atoms with E-state index in [0.717, 1.165) is 30.9 Å². The van der Waals surface area contributed by atoms with E-state index in [4.69, 9.17) is 14.5 Å². The predicted octanol–water partition coefficient (Wildman–Crippen LogP) is 2.31. The number of benzene rings is 1. The van der Waals surface area contributed by atoms with Crippen molar-refractivity contribution in [3.8, 4) is 0 Å². The number of carbonyl (C=O) groups excluding carboxylic acids is 1. The van der Waals surface area contributed by atoms with Crippen LogP contribution in [-0.4, -0.2) is 66.9 Å². The van der Waals surface area contributed by atoms with E-state index in [1.54, 1.807) is 0 Å². The molecule has 7 nitrogen and oxygen atoms in total. The van der Waals surface area contributed by atoms with Gasteiger partial charge in [0.1, 0.15) is 0 Å². The third kappa shape index (κ3) is 4.95. The van der Waals surface area contributed by atoms with Crippen molar-refractivity contribution in [3.63, 3.8) is 0 Å². The first-order chi connectivity index (χ1) is 14.5. The number of carbonyl (C=O) groups is 1. The van der Waals surface area contributed by atoms with Crippen molar-refractivity contribution in [1.29, 1.82) is 0 Å². The molecule has 3 aliphatic rings. The Balaban J connectivity index is 1.35. The van der Waals surface area contributed by atoms with Crippen molar-refractivity contribution in [1.82, 2.24) is 15.5 Å². The molecule has 0 spiro atoms. The molecule has 4 rings (SSSR count). The van der Waals surface area contributed by atoms with Gasteiger partial charge in [-0.15, -0.1) is 0 Å². The summed E-state index contributed by atoms with van der Waals surface area (Å²) in [5.41, 5.74) is 1.80. The van der Waals surface area contributed by atoms with Gasteiger partial charge in [0.15, 0.2) is 5.96 Å². The summed E-state index contributed by atoms with van der Waals surface area (Å²) < 4.78 is 11.7. The van der Waals surface area contributed by atoms with Gasteiger partial charge in [-0.2, -0.15) is 0 Å². The second-order valence-electron chi connectivity index (χ2n) is 8.72. The summed E-state index contributed by atoms with van der Waals surface area (Å²) in [5, 5.41) is 6.87. The summed E-state index contributed by atoms with van der Waals surface area (Å²) in [6.45, 7) is 8.75. The molecule has 0 aromatic heterocycles. The summed E-state index contributed by atoms with van der Waals surface area (Å²) in [4.78, 5) is 19.4. The van der Waals surface area contributed by atoms with Crippen LogP contribution in [0.1, 0.15) is 56.0 Å². The number of morpholine rings is 1. The lowest BCUT2D eigenvalue weighted by atomic mass is 9.96. The van der Waals surface area contributed by atoms with Crippen molar-refractivity contribution in [2.75, 3.05) is 19.6 Å². The maximum absolute atomic E-state index is 12.8. The van der Waals surface area contributed by atoms with Crippen molar-refractivity contribution in [3.05, 3.63) is 35.4 Å². The average molecular weight is 415 g/mol. The predicted molar refractivity (Wildman–Crippen MR) is 117 cm³/mol. The lowest BCUT2D eigenvalue weighted by Gasteiger charge is -2.35. The van der Waals surface area contributed by atoms with Crippen LogP contribution in [0.25, 0.3) is 0 Å². The number of guanidine groups is 1. The van der Waals surface area contributed by atoms with E-state index in [2.05, 4.69) is 17.6 Å². The molecule has 3 heterocycles. The number of amides is 1. The van der Waals surface area contributed by atoms with Gasteiger partial charge in [0, 0.05) is 25.2 Å². The lowest BCUT2D eigenvalue weighted by molar-refractivity contribution is -0.0586. The van der Waals surface area contributed by atoms with Gasteiger partial charge in [-0.25, -0.2) is 4.99 Å². The van der Waals surface area contributed by atoms with Crippen LogP contribution in [0, 0.1) is 0 Å². The first-order valence-corrected chi connectivity index (χ1v) is 11.3. The van der Waals surface area contributed by atoms with E-state index < -0.39 is 0 Å². The molecular weight excluding hydrogens is 380 g/mol. The Kier molecular flexibility index (Phi) is 6.58. The highest BCUT2D eigenvalue weighted by Crippen LogP contribution is 2.34. The number of fused-ring (bicyclic) bond motifs is 2. The van der Waals surface area contributed by atoms with Crippen LogP contribution in [0.15, 0.2) is 29.3 Å². The molecule has 30 heavy (non-hydrogen) atoms. The Morgan fingerprint density at radius 2 is 1.87 bits per heavy atom. The van der Waals surface area contributed by atoms with Crippen LogP contribution in [-0.2, 0) is 16.0 Å². The van der Waals surface area contributed by atoms with Gasteiger partial charge in [-0.05, 0) is 57.7 Å². The van der Waals surface area contributed by atoms with Gasteiger partial charge in [0.05, 0.1) is 37.0 Å². The van der Waals surface area contributed by atoms with E-state index in [1.807, 2.05) is 43.0 Å². The van der Waals surface area contributed by atoms with Crippen molar-refractivity contribution in [2.24, 2.45) is 4.99 Å². The highest BCUT2D eigenvalue weighted by Gasteiger charge is 2.41. The molecule has 7 heteroatoms.